The fraction of sp³-hybridized carbons (Fsp3) is 0.500. The minimum atomic E-state index is -4.30. The fourth-order valence-corrected chi connectivity index (χ4v) is 5.42. The van der Waals surface area contributed by atoms with Crippen molar-refractivity contribution in [2.75, 3.05) is 31.7 Å². The second-order valence-corrected chi connectivity index (χ2v) is 10.4. The molecule has 1 aliphatic heterocycles. The van der Waals surface area contributed by atoms with Gasteiger partial charge in [0.25, 0.3) is 10.2 Å². The van der Waals surface area contributed by atoms with E-state index in [1.807, 2.05) is 0 Å². The Hall–Kier alpha value is -3.00. The normalized spacial score (nSPS) is 15.9. The first-order valence-electron chi connectivity index (χ1n) is 9.06. The van der Waals surface area contributed by atoms with Gasteiger partial charge in [-0.2, -0.15) is 4.31 Å². The first-order valence-corrected chi connectivity index (χ1v) is 12.4. The van der Waals surface area contributed by atoms with Crippen molar-refractivity contribution in [1.29, 1.82) is 0 Å². The van der Waals surface area contributed by atoms with Gasteiger partial charge in [0.1, 0.15) is 29.1 Å². The van der Waals surface area contributed by atoms with Gasteiger partial charge in [-0.3, -0.25) is 4.79 Å². The molecule has 0 aromatic heterocycles. The number of fused-ring (bicyclic) bond motifs is 1. The molecule has 17 nitrogen and oxygen atoms in total. The van der Waals surface area contributed by atoms with E-state index in [4.69, 9.17) is 21.5 Å². The average molecular weight is 548 g/mol. The maximum Gasteiger partial charge on any atom is 0.305 e. The van der Waals surface area contributed by atoms with E-state index in [1.165, 1.54) is 0 Å². The molecule has 1 unspecified atom stereocenters. The molecule has 0 aliphatic carbocycles. The molecule has 34 heavy (non-hydrogen) atoms. The van der Waals surface area contributed by atoms with Crippen molar-refractivity contribution in [1.82, 2.24) is 4.31 Å². The molecule has 0 amide bonds. The Morgan fingerprint density at radius 1 is 1.29 bits per heavy atom. The summed E-state index contributed by atoms with van der Waals surface area (Å²) >= 11 is 5.86. The minimum absolute atomic E-state index is 0.0550. The number of hydrogen-bond acceptors (Lipinski definition) is 13. The summed E-state index contributed by atoms with van der Waals surface area (Å²) in [4.78, 5) is 39.7. The van der Waals surface area contributed by atoms with Gasteiger partial charge in [0.05, 0.1) is 23.9 Å². The lowest BCUT2D eigenvalue weighted by Gasteiger charge is -2.29. The number of rotatable bonds is 12. The number of anilines is 1. The molecule has 2 rings (SSSR count). The van der Waals surface area contributed by atoms with E-state index in [9.17, 15) is 41.9 Å². The van der Waals surface area contributed by atoms with Crippen LogP contribution in [0.2, 0.25) is 5.02 Å². The van der Waals surface area contributed by atoms with Crippen LogP contribution in [-0.4, -0.2) is 69.8 Å². The van der Waals surface area contributed by atoms with Gasteiger partial charge in [0.2, 0.25) is 20.0 Å². The van der Waals surface area contributed by atoms with Crippen molar-refractivity contribution in [2.45, 2.75) is 28.7 Å². The van der Waals surface area contributed by atoms with Crippen LogP contribution in [0.1, 0.15) is 12.8 Å². The Labute approximate surface area is 197 Å². The maximum absolute atomic E-state index is 12.8. The predicted molar refractivity (Wildman–Crippen MR) is 110 cm³/mol. The fourth-order valence-electron chi connectivity index (χ4n) is 2.75. The molecule has 1 heterocycles. The Balaban J connectivity index is 1.96. The lowest BCUT2D eigenvalue weighted by atomic mass is 10.2. The van der Waals surface area contributed by atoms with E-state index >= 15 is 0 Å². The summed E-state index contributed by atoms with van der Waals surface area (Å²) < 4.78 is 54.7. The quantitative estimate of drug-likeness (QED) is 0.190. The second kappa shape index (κ2) is 11.0. The number of sulfonamides is 2. The van der Waals surface area contributed by atoms with Crippen LogP contribution in [0, 0.1) is 20.2 Å². The average Bonchev–Trinajstić information content (AvgIpc) is 2.70. The molecule has 0 radical (unpaired) electrons. The van der Waals surface area contributed by atoms with Crippen LogP contribution in [0.3, 0.4) is 0 Å². The Kier molecular flexibility index (Phi) is 8.78. The van der Waals surface area contributed by atoms with E-state index in [0.717, 1.165) is 16.4 Å². The number of hydrogen-bond donors (Lipinski definition) is 2. The number of carbonyl (C=O) groups is 1. The Morgan fingerprint density at radius 2 is 1.97 bits per heavy atom. The third-order valence-corrected chi connectivity index (χ3v) is 7.54. The van der Waals surface area contributed by atoms with Gasteiger partial charge in [-0.1, -0.05) is 11.6 Å². The van der Waals surface area contributed by atoms with E-state index in [1.54, 1.807) is 0 Å². The van der Waals surface area contributed by atoms with Crippen molar-refractivity contribution < 1.29 is 46.2 Å². The zero-order valence-corrected chi connectivity index (χ0v) is 19.4. The van der Waals surface area contributed by atoms with Gasteiger partial charge in [-0.05, 0) is 18.6 Å². The number of primary sulfonamides is 1. The zero-order chi connectivity index (χ0) is 25.7. The lowest BCUT2D eigenvalue weighted by molar-refractivity contribution is -0.790. The van der Waals surface area contributed by atoms with Crippen LogP contribution in [0.15, 0.2) is 21.9 Å². The Morgan fingerprint density at radius 3 is 2.56 bits per heavy atom. The molecule has 20 heteroatoms. The first kappa shape index (κ1) is 27.2. The smallest absolute Gasteiger partial charge is 0.305 e. The van der Waals surface area contributed by atoms with Gasteiger partial charge in [0, 0.05) is 6.42 Å². The van der Waals surface area contributed by atoms with E-state index in [2.05, 4.69) is 15.0 Å². The molecule has 1 atom stereocenters. The SMILES string of the molecule is NS(=O)(=O)c1cc2c(cc1Cl)NCN(CCOC(=O)CCC(CO[N+](=O)[O-])O[N+](=O)[O-])S2(=O)=O. The summed E-state index contributed by atoms with van der Waals surface area (Å²) in [5.74, 6) is -0.885. The lowest BCUT2D eigenvalue weighted by Crippen LogP contribution is -2.42. The number of benzene rings is 1. The molecule has 0 bridgehead atoms. The van der Waals surface area contributed by atoms with E-state index in [-0.39, 0.29) is 30.3 Å². The summed E-state index contributed by atoms with van der Waals surface area (Å²) in [6.07, 6.45) is -2.19. The zero-order valence-electron chi connectivity index (χ0n) is 17.0. The number of nitrogens with one attached hydrogen (secondary N) is 1. The van der Waals surface area contributed by atoms with Crippen molar-refractivity contribution >= 4 is 43.3 Å². The third kappa shape index (κ3) is 7.25. The monoisotopic (exact) mass is 547 g/mol. The van der Waals surface area contributed by atoms with Crippen LogP contribution in [0.5, 0.6) is 0 Å². The van der Waals surface area contributed by atoms with E-state index < -0.39 is 71.7 Å². The molecule has 0 saturated carbocycles. The van der Waals surface area contributed by atoms with Gasteiger partial charge < -0.3 is 19.7 Å². The standard InChI is InChI=1S/C14H18ClN5O12S2/c15-10-5-11-13(6-12(10)33(16,26)27)34(28,29)18(8-17-11)3-4-30-14(21)2-1-9(32-20(24)25)7-31-19(22)23/h5-6,9,17H,1-4,7-8H2,(H2,16,26,27). The summed E-state index contributed by atoms with van der Waals surface area (Å²) in [7, 11) is -8.51. The van der Waals surface area contributed by atoms with Gasteiger partial charge in [-0.25, -0.2) is 22.0 Å². The van der Waals surface area contributed by atoms with E-state index in [0.29, 0.717) is 0 Å². The number of nitrogens with two attached hydrogens (primary N) is 1. The number of esters is 1. The predicted octanol–water partition coefficient (Wildman–Crippen LogP) is -0.530. The molecular weight excluding hydrogens is 530 g/mol. The molecule has 1 aliphatic rings. The van der Waals surface area contributed by atoms with Crippen LogP contribution < -0.4 is 10.5 Å². The van der Waals surface area contributed by atoms with Crippen molar-refractivity contribution in [3.63, 3.8) is 0 Å². The summed E-state index contributed by atoms with van der Waals surface area (Å²) in [5.41, 5.74) is 0.0550. The number of nitrogens with zero attached hydrogens (tertiary/aromatic N) is 3. The highest BCUT2D eigenvalue weighted by molar-refractivity contribution is 7.90. The minimum Gasteiger partial charge on any atom is -0.464 e. The molecule has 0 saturated heterocycles. The second-order valence-electron chi connectivity index (χ2n) is 6.57. The summed E-state index contributed by atoms with van der Waals surface area (Å²) in [6, 6.07) is 1.92. The number of carbonyl (C=O) groups excluding carboxylic acids is 1. The molecule has 0 spiro atoms. The molecule has 190 valence electrons. The van der Waals surface area contributed by atoms with Crippen molar-refractivity contribution in [2.24, 2.45) is 5.14 Å². The number of halogens is 1. The molecule has 1 aromatic rings. The highest BCUT2D eigenvalue weighted by Gasteiger charge is 2.33. The summed E-state index contributed by atoms with van der Waals surface area (Å²) in [6.45, 7) is -1.78. The maximum atomic E-state index is 12.8. The topological polar surface area (TPSA) is 241 Å². The Bertz CT molecular complexity index is 1180. The van der Waals surface area contributed by atoms with Crippen LogP contribution in [0.4, 0.5) is 5.69 Å². The van der Waals surface area contributed by atoms with Crippen LogP contribution in [0.25, 0.3) is 0 Å². The molecule has 1 aromatic carbocycles. The van der Waals surface area contributed by atoms with Gasteiger partial charge in [-0.15, -0.1) is 20.2 Å². The highest BCUT2D eigenvalue weighted by Crippen LogP contribution is 2.35. The van der Waals surface area contributed by atoms with Crippen molar-refractivity contribution in [3.05, 3.63) is 37.4 Å². The number of ether oxygens (including phenoxy) is 1. The van der Waals surface area contributed by atoms with Gasteiger partial charge >= 0.3 is 5.97 Å². The molecule has 0 fully saturated rings. The first-order chi connectivity index (χ1) is 15.7. The molecule has 3 N–H and O–H groups in total. The third-order valence-electron chi connectivity index (χ3n) is 4.28. The summed E-state index contributed by atoms with van der Waals surface area (Å²) in [5, 5.41) is 25.8. The highest BCUT2D eigenvalue weighted by atomic mass is 35.5. The van der Waals surface area contributed by atoms with Crippen molar-refractivity contribution in [3.8, 4) is 0 Å². The van der Waals surface area contributed by atoms with Crippen LogP contribution >= 0.6 is 11.6 Å². The van der Waals surface area contributed by atoms with Crippen LogP contribution in [-0.2, 0) is 39.3 Å². The largest absolute Gasteiger partial charge is 0.464 e. The molecular formula is C14H18ClN5O12S2. The van der Waals surface area contributed by atoms with Gasteiger partial charge in [0.15, 0.2) is 0 Å².